The first kappa shape index (κ1) is 23.6. The minimum Gasteiger partial charge on any atom is -0.495 e. The number of carbonyl (C=O) groups excluding carboxylic acids is 1. The Morgan fingerprint density at radius 1 is 1.05 bits per heavy atom. The maximum absolute atomic E-state index is 13.3. The van der Waals surface area contributed by atoms with Gasteiger partial charge in [0, 0.05) is 60.8 Å². The number of likely N-dealkylation sites (N-methyl/N-ethyl adjacent to an activating group) is 1. The number of benzene rings is 2. The summed E-state index contributed by atoms with van der Waals surface area (Å²) in [5, 5.41) is 5.54. The van der Waals surface area contributed by atoms with Gasteiger partial charge < -0.3 is 29.9 Å². The minimum atomic E-state index is -2.92. The second kappa shape index (κ2) is 12.4. The third-order valence-electron chi connectivity index (χ3n) is 6.21. The summed E-state index contributed by atoms with van der Waals surface area (Å²) in [6, 6.07) is 9.62. The molecule has 2 heterocycles. The summed E-state index contributed by atoms with van der Waals surface area (Å²) < 4.78 is 34.5. The van der Waals surface area contributed by atoms with Gasteiger partial charge in [0.1, 0.15) is 39.5 Å². The first-order valence-electron chi connectivity index (χ1n) is 13.4. The van der Waals surface area contributed by atoms with E-state index in [9.17, 15) is 4.79 Å². The summed E-state index contributed by atoms with van der Waals surface area (Å²) in [4.78, 5) is 26.8. The van der Waals surface area contributed by atoms with Gasteiger partial charge in [-0.05, 0) is 30.8 Å². The highest BCUT2D eigenvalue weighted by Gasteiger charge is 2.22. The number of anilines is 5. The molecule has 1 aromatic heterocycles. The predicted molar refractivity (Wildman–Crippen MR) is 153 cm³/mol. The first-order valence-corrected chi connectivity index (χ1v) is 12.7. The average Bonchev–Trinajstić information content (AvgIpc) is 2.95. The molecule has 10 nitrogen and oxygen atoms in total. The van der Waals surface area contributed by atoms with Gasteiger partial charge in [0.2, 0.25) is 0 Å². The number of halogens is 2. The van der Waals surface area contributed by atoms with Gasteiger partial charge in [-0.3, -0.25) is 4.90 Å². The van der Waals surface area contributed by atoms with Crippen LogP contribution >= 0.6 is 23.2 Å². The Labute approximate surface area is 236 Å². The van der Waals surface area contributed by atoms with Crippen LogP contribution in [0.25, 0.3) is 0 Å². The van der Waals surface area contributed by atoms with E-state index in [1.807, 2.05) is 24.3 Å². The van der Waals surface area contributed by atoms with Crippen molar-refractivity contribution in [3.8, 4) is 11.5 Å². The number of urea groups is 1. The zero-order chi connectivity index (χ0) is 29.7. The molecule has 0 bridgehead atoms. The number of hydrogen-bond donors (Lipinski definition) is 2. The Bertz CT molecular complexity index is 1340. The van der Waals surface area contributed by atoms with Crippen molar-refractivity contribution in [2.45, 2.75) is 6.92 Å². The number of hydrogen-bond acceptors (Lipinski definition) is 8. The van der Waals surface area contributed by atoms with Crippen molar-refractivity contribution in [1.29, 1.82) is 0 Å². The third-order valence-corrected chi connectivity index (χ3v) is 6.97. The van der Waals surface area contributed by atoms with Gasteiger partial charge in [-0.2, -0.15) is 0 Å². The van der Waals surface area contributed by atoms with Crippen LogP contribution in [0.5, 0.6) is 11.5 Å². The lowest BCUT2D eigenvalue weighted by molar-refractivity contribution is 0.258. The predicted octanol–water partition coefficient (Wildman–Crippen LogP) is 5.35. The van der Waals surface area contributed by atoms with Crippen LogP contribution in [-0.4, -0.2) is 74.8 Å². The van der Waals surface area contributed by atoms with E-state index in [1.165, 1.54) is 32.7 Å². The molecule has 2 amide bonds. The minimum absolute atomic E-state index is 0.0297. The number of carbonyl (C=O) groups is 1. The SMILES string of the molecule is [2H]C([2H])([2H])N(C(=O)Nc1c(Cl)c(OC)cc(OC)c1Cl)c1cc(Nc2ccc(N3CCN(CC)CC3)cc2)ncn1. The third kappa shape index (κ3) is 6.15. The fourth-order valence-corrected chi connectivity index (χ4v) is 4.62. The summed E-state index contributed by atoms with van der Waals surface area (Å²) in [6.07, 6.45) is 1.17. The van der Waals surface area contributed by atoms with Crippen LogP contribution in [0.4, 0.5) is 33.5 Å². The molecule has 0 saturated carbocycles. The number of rotatable bonds is 8. The van der Waals surface area contributed by atoms with E-state index in [0.717, 1.165) is 44.1 Å². The molecule has 4 rings (SSSR count). The highest BCUT2D eigenvalue weighted by atomic mass is 35.5. The summed E-state index contributed by atoms with van der Waals surface area (Å²) in [6.45, 7) is 4.28. The molecule has 2 N–H and O–H groups in total. The van der Waals surface area contributed by atoms with Gasteiger partial charge >= 0.3 is 6.03 Å². The molecule has 1 aliphatic rings. The van der Waals surface area contributed by atoms with Crippen LogP contribution in [0, 0.1) is 0 Å². The van der Waals surface area contributed by atoms with Gasteiger partial charge in [-0.1, -0.05) is 30.1 Å². The van der Waals surface area contributed by atoms with Crippen molar-refractivity contribution >= 4 is 57.9 Å². The second-order valence-electron chi connectivity index (χ2n) is 8.40. The molecule has 202 valence electrons. The Morgan fingerprint density at radius 3 is 2.29 bits per heavy atom. The van der Waals surface area contributed by atoms with E-state index in [4.69, 9.17) is 36.8 Å². The molecule has 1 aliphatic heterocycles. The van der Waals surface area contributed by atoms with Crippen LogP contribution in [0.1, 0.15) is 11.0 Å². The molecule has 1 fully saturated rings. The van der Waals surface area contributed by atoms with Crippen molar-refractivity contribution < 1.29 is 18.4 Å². The van der Waals surface area contributed by atoms with Gasteiger partial charge in [0.15, 0.2) is 0 Å². The Morgan fingerprint density at radius 2 is 1.71 bits per heavy atom. The molecule has 12 heteroatoms. The van der Waals surface area contributed by atoms with Gasteiger partial charge in [0.25, 0.3) is 0 Å². The van der Waals surface area contributed by atoms with Crippen molar-refractivity contribution in [2.75, 3.05) is 74.4 Å². The number of ether oxygens (including phenoxy) is 2. The number of amides is 2. The number of piperazine rings is 1. The van der Waals surface area contributed by atoms with Crippen LogP contribution in [0.2, 0.25) is 10.0 Å². The van der Waals surface area contributed by atoms with E-state index in [1.54, 1.807) is 0 Å². The van der Waals surface area contributed by atoms with E-state index in [2.05, 4.69) is 37.3 Å². The molecule has 0 unspecified atom stereocenters. The van der Waals surface area contributed by atoms with E-state index in [-0.39, 0.29) is 33.0 Å². The number of nitrogens with one attached hydrogen (secondary N) is 2. The van der Waals surface area contributed by atoms with Gasteiger partial charge in [-0.15, -0.1) is 0 Å². The molecular weight excluding hydrogens is 529 g/mol. The van der Waals surface area contributed by atoms with Crippen LogP contribution in [-0.2, 0) is 0 Å². The van der Waals surface area contributed by atoms with E-state index < -0.39 is 13.0 Å². The zero-order valence-corrected chi connectivity index (χ0v) is 22.8. The largest absolute Gasteiger partial charge is 0.495 e. The van der Waals surface area contributed by atoms with Gasteiger partial charge in [0.05, 0.1) is 19.9 Å². The average molecular weight is 564 g/mol. The lowest BCUT2D eigenvalue weighted by Gasteiger charge is -2.35. The monoisotopic (exact) mass is 562 g/mol. The fourth-order valence-electron chi connectivity index (χ4n) is 4.03. The van der Waals surface area contributed by atoms with E-state index in [0.29, 0.717) is 10.7 Å². The lowest BCUT2D eigenvalue weighted by atomic mass is 10.2. The standard InChI is InChI=1S/C26H31Cl2N7O3/c1-5-34-10-12-35(13-11-34)18-8-6-17(7-9-18)31-21-15-22(30-16-29-21)33(2)26(36)32-25-23(27)19(37-3)14-20(38-4)24(25)28/h6-9,14-16H,5,10-13H2,1-4H3,(H,32,36)(H,29,30,31)/i2D3. The Hall–Kier alpha value is -3.47. The number of methoxy groups -OCH3 is 2. The maximum Gasteiger partial charge on any atom is 0.327 e. The van der Waals surface area contributed by atoms with Crippen LogP contribution in [0.15, 0.2) is 42.7 Å². The molecular formula is C26H31Cl2N7O3. The van der Waals surface area contributed by atoms with Crippen molar-refractivity contribution in [1.82, 2.24) is 14.9 Å². The molecule has 0 atom stereocenters. The lowest BCUT2D eigenvalue weighted by Crippen LogP contribution is -2.46. The van der Waals surface area contributed by atoms with Crippen molar-refractivity contribution in [2.24, 2.45) is 0 Å². The highest BCUT2D eigenvalue weighted by Crippen LogP contribution is 2.44. The number of nitrogens with zero attached hydrogens (tertiary/aromatic N) is 5. The summed E-state index contributed by atoms with van der Waals surface area (Å²) >= 11 is 12.7. The van der Waals surface area contributed by atoms with Crippen LogP contribution in [0.3, 0.4) is 0 Å². The molecule has 3 aromatic rings. The molecule has 0 aliphatic carbocycles. The molecule has 0 spiro atoms. The Kier molecular flexibility index (Phi) is 7.70. The Balaban J connectivity index is 1.54. The van der Waals surface area contributed by atoms with Crippen molar-refractivity contribution in [3.05, 3.63) is 52.8 Å². The van der Waals surface area contributed by atoms with E-state index >= 15 is 0 Å². The van der Waals surface area contributed by atoms with Crippen LogP contribution < -0.4 is 29.9 Å². The zero-order valence-electron chi connectivity index (χ0n) is 24.3. The molecule has 1 saturated heterocycles. The highest BCUT2D eigenvalue weighted by molar-refractivity contribution is 6.41. The number of aromatic nitrogens is 2. The first-order chi connectivity index (χ1) is 19.5. The van der Waals surface area contributed by atoms with Gasteiger partial charge in [-0.25, -0.2) is 14.8 Å². The summed E-state index contributed by atoms with van der Waals surface area (Å²) in [5.41, 5.74) is 1.77. The fraction of sp³-hybridized carbons (Fsp3) is 0.346. The quantitative estimate of drug-likeness (QED) is 0.379. The second-order valence-corrected chi connectivity index (χ2v) is 9.16. The molecule has 2 aromatic carbocycles. The van der Waals surface area contributed by atoms with Crippen molar-refractivity contribution in [3.63, 3.8) is 0 Å². The molecule has 38 heavy (non-hydrogen) atoms. The normalized spacial score (nSPS) is 15.2. The summed E-state index contributed by atoms with van der Waals surface area (Å²) in [5.74, 6) is 0.464. The maximum atomic E-state index is 13.3. The topological polar surface area (TPSA) is 95.1 Å². The molecule has 0 radical (unpaired) electrons. The summed E-state index contributed by atoms with van der Waals surface area (Å²) in [7, 11) is 2.76. The smallest absolute Gasteiger partial charge is 0.327 e.